The molecule has 14 heteroatoms. The highest BCUT2D eigenvalue weighted by molar-refractivity contribution is 5.87. The molecule has 5 rings (SSSR count). The number of hydrogen-bond donors (Lipinski definition) is 3. The second-order valence-electron chi connectivity index (χ2n) is 7.38. The van der Waals surface area contributed by atoms with Gasteiger partial charge in [0.1, 0.15) is 12.1 Å². The number of imidazole rings is 1. The van der Waals surface area contributed by atoms with Crippen molar-refractivity contribution >= 4 is 28.8 Å². The molecule has 11 nitrogen and oxygen atoms in total. The first-order valence-corrected chi connectivity index (χ1v) is 9.85. The number of nitrogens with zero attached hydrogens (tertiary/aromatic N) is 7. The first-order valence-electron chi connectivity index (χ1n) is 9.85. The number of alkyl halides is 2. The van der Waals surface area contributed by atoms with Crippen molar-refractivity contribution in [2.24, 2.45) is 0 Å². The summed E-state index contributed by atoms with van der Waals surface area (Å²) >= 11 is 0. The van der Waals surface area contributed by atoms with Gasteiger partial charge in [0.2, 0.25) is 11.9 Å². The van der Waals surface area contributed by atoms with Gasteiger partial charge in [-0.3, -0.25) is 4.79 Å². The van der Waals surface area contributed by atoms with Gasteiger partial charge in [0.05, 0.1) is 24.0 Å². The number of aliphatic hydroxyl groups excluding tert-OH is 1. The smallest absolute Gasteiger partial charge is 0.265 e. The molecule has 4 aromatic rings. The Kier molecular flexibility index (Phi) is 5.76. The first-order chi connectivity index (χ1) is 15.7. The number of aliphatic hydroxyl groups is 1. The number of halogens is 3. The molecule has 5 heterocycles. The standard InChI is InChI=1S/C12H9FN8.C7H11F2NO2/c13-6-5-21-10(11(14)17-12(15)19-21)9(6)7-1-2-8-16-3-4-20(8)18-7;8-7(9)2-1-3-10(5-7)6(12)4-11/h1-5H,(H4,14,15,17,19);11H,1-5H2. The van der Waals surface area contributed by atoms with E-state index in [-0.39, 0.29) is 23.8 Å². The summed E-state index contributed by atoms with van der Waals surface area (Å²) in [6, 6.07) is 3.40. The van der Waals surface area contributed by atoms with E-state index < -0.39 is 30.8 Å². The zero-order chi connectivity index (χ0) is 23.8. The Morgan fingerprint density at radius 2 is 2.00 bits per heavy atom. The molecule has 0 radical (unpaired) electrons. The Morgan fingerprint density at radius 3 is 2.73 bits per heavy atom. The number of nitrogen functional groups attached to an aromatic ring is 2. The summed E-state index contributed by atoms with van der Waals surface area (Å²) < 4.78 is 42.4. The summed E-state index contributed by atoms with van der Waals surface area (Å²) in [4.78, 5) is 19.8. The zero-order valence-electron chi connectivity index (χ0n) is 17.2. The number of amides is 1. The summed E-state index contributed by atoms with van der Waals surface area (Å²) in [5, 5.41) is 16.6. The van der Waals surface area contributed by atoms with E-state index in [9.17, 15) is 18.0 Å². The van der Waals surface area contributed by atoms with Gasteiger partial charge in [-0.2, -0.15) is 10.1 Å². The lowest BCUT2D eigenvalue weighted by atomic mass is 10.1. The van der Waals surface area contributed by atoms with Crippen LogP contribution in [-0.2, 0) is 4.79 Å². The largest absolute Gasteiger partial charge is 0.387 e. The molecule has 5 N–H and O–H groups in total. The molecule has 174 valence electrons. The zero-order valence-corrected chi connectivity index (χ0v) is 17.2. The lowest BCUT2D eigenvalue weighted by Gasteiger charge is -2.31. The Hall–Kier alpha value is -3.94. The van der Waals surface area contributed by atoms with Crippen LogP contribution in [-0.4, -0.2) is 70.7 Å². The van der Waals surface area contributed by atoms with E-state index in [4.69, 9.17) is 16.6 Å². The van der Waals surface area contributed by atoms with Crippen molar-refractivity contribution < 1.29 is 23.1 Å². The van der Waals surface area contributed by atoms with E-state index in [1.807, 2.05) is 0 Å². The number of rotatable bonds is 2. The second kappa shape index (κ2) is 8.54. The summed E-state index contributed by atoms with van der Waals surface area (Å²) in [5.41, 5.74) is 13.0. The SMILES string of the molecule is Nc1nc(N)c2c(-c3ccc4nccn4n3)c(F)cn2n1.O=C(CO)N1CCCC(F)(F)C1. The summed E-state index contributed by atoms with van der Waals surface area (Å²) in [5.74, 6) is -3.83. The average Bonchev–Trinajstić information content (AvgIpc) is 3.35. The predicted octanol–water partition coefficient (Wildman–Crippen LogP) is 0.979. The van der Waals surface area contributed by atoms with Crippen LogP contribution < -0.4 is 11.5 Å². The van der Waals surface area contributed by atoms with Crippen LogP contribution in [0.4, 0.5) is 24.9 Å². The van der Waals surface area contributed by atoms with Crippen molar-refractivity contribution in [3.8, 4) is 11.3 Å². The van der Waals surface area contributed by atoms with Crippen LogP contribution in [0.1, 0.15) is 12.8 Å². The summed E-state index contributed by atoms with van der Waals surface area (Å²) in [7, 11) is 0. The van der Waals surface area contributed by atoms with Gasteiger partial charge < -0.3 is 21.5 Å². The maximum atomic E-state index is 14.3. The van der Waals surface area contributed by atoms with Gasteiger partial charge >= 0.3 is 0 Å². The molecule has 33 heavy (non-hydrogen) atoms. The molecule has 1 saturated heterocycles. The molecule has 1 aliphatic heterocycles. The quantitative estimate of drug-likeness (QED) is 0.398. The van der Waals surface area contributed by atoms with Crippen molar-refractivity contribution in [1.29, 1.82) is 0 Å². The fraction of sp³-hybridized carbons (Fsp3) is 0.316. The van der Waals surface area contributed by atoms with E-state index >= 15 is 0 Å². The van der Waals surface area contributed by atoms with Crippen LogP contribution >= 0.6 is 0 Å². The third kappa shape index (κ3) is 4.50. The van der Waals surface area contributed by atoms with E-state index in [0.717, 1.165) is 4.90 Å². The van der Waals surface area contributed by atoms with Crippen molar-refractivity contribution in [2.45, 2.75) is 18.8 Å². The molecule has 0 bridgehead atoms. The second-order valence-corrected chi connectivity index (χ2v) is 7.38. The van der Waals surface area contributed by atoms with Gasteiger partial charge in [0, 0.05) is 25.4 Å². The van der Waals surface area contributed by atoms with Gasteiger partial charge in [-0.05, 0) is 18.6 Å². The Bertz CT molecular complexity index is 1320. The number of likely N-dealkylation sites (tertiary alicyclic amines) is 1. The number of carbonyl (C=O) groups is 1. The number of piperidine rings is 1. The van der Waals surface area contributed by atoms with Crippen LogP contribution in [0.15, 0.2) is 30.7 Å². The van der Waals surface area contributed by atoms with Gasteiger partial charge in [-0.15, -0.1) is 5.10 Å². The van der Waals surface area contributed by atoms with Crippen molar-refractivity contribution in [3.63, 3.8) is 0 Å². The third-order valence-corrected chi connectivity index (χ3v) is 5.02. The monoisotopic (exact) mass is 463 g/mol. The number of fused-ring (bicyclic) bond motifs is 2. The highest BCUT2D eigenvalue weighted by Crippen LogP contribution is 2.30. The molecular weight excluding hydrogens is 443 g/mol. The fourth-order valence-electron chi connectivity index (χ4n) is 3.57. The molecule has 0 unspecified atom stereocenters. The van der Waals surface area contributed by atoms with E-state index in [1.165, 1.54) is 10.7 Å². The Morgan fingerprint density at radius 1 is 1.21 bits per heavy atom. The number of carbonyl (C=O) groups excluding carboxylic acids is 1. The summed E-state index contributed by atoms with van der Waals surface area (Å²) in [6.07, 6.45) is 4.62. The molecule has 1 fully saturated rings. The van der Waals surface area contributed by atoms with Gasteiger partial charge in [0.25, 0.3) is 5.92 Å². The first kappa shape index (κ1) is 22.3. The lowest BCUT2D eigenvalue weighted by molar-refractivity contribution is -0.144. The molecule has 0 aromatic carbocycles. The number of hydrogen-bond acceptors (Lipinski definition) is 8. The molecular formula is C19H20F3N9O2. The van der Waals surface area contributed by atoms with E-state index in [0.29, 0.717) is 29.8 Å². The molecule has 0 spiro atoms. The molecule has 1 aliphatic rings. The minimum Gasteiger partial charge on any atom is -0.387 e. The lowest BCUT2D eigenvalue weighted by Crippen LogP contribution is -2.46. The van der Waals surface area contributed by atoms with Crippen molar-refractivity contribution in [2.75, 3.05) is 31.2 Å². The van der Waals surface area contributed by atoms with Crippen molar-refractivity contribution in [3.05, 3.63) is 36.5 Å². The van der Waals surface area contributed by atoms with Crippen LogP contribution in [0.3, 0.4) is 0 Å². The van der Waals surface area contributed by atoms with Crippen LogP contribution in [0.2, 0.25) is 0 Å². The summed E-state index contributed by atoms with van der Waals surface area (Å²) in [6.45, 7) is -0.905. The molecule has 0 atom stereocenters. The normalized spacial score (nSPS) is 15.5. The fourth-order valence-corrected chi connectivity index (χ4v) is 3.57. The minimum atomic E-state index is -2.77. The van der Waals surface area contributed by atoms with Gasteiger partial charge in [-0.1, -0.05) is 0 Å². The number of aromatic nitrogens is 6. The van der Waals surface area contributed by atoms with Gasteiger partial charge in [0.15, 0.2) is 17.3 Å². The van der Waals surface area contributed by atoms with Crippen LogP contribution in [0.5, 0.6) is 0 Å². The highest BCUT2D eigenvalue weighted by Gasteiger charge is 2.36. The molecule has 0 aliphatic carbocycles. The highest BCUT2D eigenvalue weighted by atomic mass is 19.3. The van der Waals surface area contributed by atoms with Crippen LogP contribution in [0, 0.1) is 5.82 Å². The van der Waals surface area contributed by atoms with Crippen LogP contribution in [0.25, 0.3) is 22.4 Å². The van der Waals surface area contributed by atoms with Crippen molar-refractivity contribution in [1.82, 2.24) is 34.1 Å². The maximum Gasteiger partial charge on any atom is 0.265 e. The average molecular weight is 463 g/mol. The maximum absolute atomic E-state index is 14.3. The molecule has 0 saturated carbocycles. The van der Waals surface area contributed by atoms with E-state index in [2.05, 4.69) is 20.2 Å². The number of nitrogens with two attached hydrogens (primary N) is 2. The Balaban J connectivity index is 0.000000185. The van der Waals surface area contributed by atoms with E-state index in [1.54, 1.807) is 29.0 Å². The molecule has 1 amide bonds. The third-order valence-electron chi connectivity index (χ3n) is 5.02. The van der Waals surface area contributed by atoms with Gasteiger partial charge in [-0.25, -0.2) is 27.2 Å². The number of anilines is 2. The minimum absolute atomic E-state index is 0.0282. The topological polar surface area (TPSA) is 153 Å². The predicted molar refractivity (Wildman–Crippen MR) is 112 cm³/mol. The Labute approximate surface area is 184 Å². The molecule has 4 aromatic heterocycles.